The minimum absolute atomic E-state index is 0.00309. The van der Waals surface area contributed by atoms with Gasteiger partial charge in [0, 0.05) is 18.2 Å². The molecule has 0 heterocycles. The van der Waals surface area contributed by atoms with Crippen LogP contribution >= 0.6 is 0 Å². The highest BCUT2D eigenvalue weighted by atomic mass is 16.5. The van der Waals surface area contributed by atoms with Crippen LogP contribution in [0.3, 0.4) is 0 Å². The van der Waals surface area contributed by atoms with E-state index in [1.54, 1.807) is 21.3 Å². The summed E-state index contributed by atoms with van der Waals surface area (Å²) in [6.45, 7) is 2.58. The van der Waals surface area contributed by atoms with Crippen LogP contribution in [-0.4, -0.2) is 33.0 Å². The molecule has 0 saturated carbocycles. The summed E-state index contributed by atoms with van der Waals surface area (Å²) in [6.07, 6.45) is 0.753. The predicted octanol–water partition coefficient (Wildman–Crippen LogP) is 3.10. The van der Waals surface area contributed by atoms with Crippen molar-refractivity contribution in [2.24, 2.45) is 0 Å². The smallest absolute Gasteiger partial charge is 0.164 e. The molecule has 0 aromatic heterocycles. The fourth-order valence-electron chi connectivity index (χ4n) is 2.94. The Balaban J connectivity index is 2.32. The number of rotatable bonds is 9. The summed E-state index contributed by atoms with van der Waals surface area (Å²) in [5, 5.41) is 13.6. The quantitative estimate of drug-likeness (QED) is 0.731. The number of aliphatic hydroxyl groups excluding tert-OH is 1. The van der Waals surface area contributed by atoms with Gasteiger partial charge in [0.05, 0.1) is 33.5 Å². The van der Waals surface area contributed by atoms with Crippen LogP contribution in [0.2, 0.25) is 0 Å². The Bertz CT molecular complexity index is 669. The summed E-state index contributed by atoms with van der Waals surface area (Å²) in [6, 6.07) is 13.7. The van der Waals surface area contributed by atoms with Crippen LogP contribution in [0.15, 0.2) is 42.5 Å². The van der Waals surface area contributed by atoms with E-state index in [0.29, 0.717) is 23.8 Å². The number of hydrogen-bond acceptors (Lipinski definition) is 5. The average molecular weight is 345 g/mol. The Kier molecular flexibility index (Phi) is 6.67. The predicted molar refractivity (Wildman–Crippen MR) is 98.4 cm³/mol. The SMILES string of the molecule is CCC(CO)(NCc1cc(OC)c(OC)cc1OC)c1ccccc1. The average Bonchev–Trinajstić information content (AvgIpc) is 2.69. The van der Waals surface area contributed by atoms with Gasteiger partial charge in [-0.2, -0.15) is 0 Å². The van der Waals surface area contributed by atoms with Gasteiger partial charge in [0.25, 0.3) is 0 Å². The third kappa shape index (κ3) is 4.06. The number of benzene rings is 2. The lowest BCUT2D eigenvalue weighted by atomic mass is 9.87. The Hall–Kier alpha value is -2.24. The fraction of sp³-hybridized carbons (Fsp3) is 0.400. The number of nitrogens with one attached hydrogen (secondary N) is 1. The lowest BCUT2D eigenvalue weighted by molar-refractivity contribution is 0.153. The summed E-state index contributed by atoms with van der Waals surface area (Å²) >= 11 is 0. The van der Waals surface area contributed by atoms with Crippen molar-refractivity contribution >= 4 is 0 Å². The first-order valence-electron chi connectivity index (χ1n) is 8.34. The van der Waals surface area contributed by atoms with Crippen LogP contribution < -0.4 is 19.5 Å². The molecule has 0 aliphatic heterocycles. The zero-order chi connectivity index (χ0) is 18.3. The summed E-state index contributed by atoms with van der Waals surface area (Å²) < 4.78 is 16.2. The monoisotopic (exact) mass is 345 g/mol. The molecular formula is C20H27NO4. The molecule has 0 aliphatic rings. The molecule has 2 N–H and O–H groups in total. The van der Waals surface area contributed by atoms with Gasteiger partial charge in [-0.3, -0.25) is 0 Å². The molecule has 1 atom stereocenters. The van der Waals surface area contributed by atoms with E-state index in [-0.39, 0.29) is 6.61 Å². The van der Waals surface area contributed by atoms with E-state index in [1.807, 2.05) is 42.5 Å². The minimum atomic E-state index is -0.514. The molecular weight excluding hydrogens is 318 g/mol. The maximum absolute atomic E-state index is 10.1. The molecule has 2 aromatic carbocycles. The summed E-state index contributed by atoms with van der Waals surface area (Å²) in [5.41, 5.74) is 1.47. The standard InChI is InChI=1S/C20H27NO4/c1-5-20(14-22,16-9-7-6-8-10-16)21-13-15-11-18(24-3)19(25-4)12-17(15)23-2/h6-12,21-22H,5,13-14H2,1-4H3. The molecule has 5 nitrogen and oxygen atoms in total. The zero-order valence-electron chi connectivity index (χ0n) is 15.3. The molecule has 0 bridgehead atoms. The number of ether oxygens (including phenoxy) is 3. The Morgan fingerprint density at radius 3 is 2.04 bits per heavy atom. The fourth-order valence-corrected chi connectivity index (χ4v) is 2.94. The number of hydrogen-bond donors (Lipinski definition) is 2. The second-order valence-electron chi connectivity index (χ2n) is 5.83. The van der Waals surface area contributed by atoms with E-state index in [9.17, 15) is 5.11 Å². The van der Waals surface area contributed by atoms with E-state index >= 15 is 0 Å². The molecule has 1 unspecified atom stereocenters. The first-order valence-corrected chi connectivity index (χ1v) is 8.34. The van der Waals surface area contributed by atoms with Gasteiger partial charge in [-0.05, 0) is 18.1 Å². The zero-order valence-corrected chi connectivity index (χ0v) is 15.3. The third-order valence-corrected chi connectivity index (χ3v) is 4.60. The van der Waals surface area contributed by atoms with Gasteiger partial charge in [-0.1, -0.05) is 37.3 Å². The van der Waals surface area contributed by atoms with Crippen molar-refractivity contribution in [3.63, 3.8) is 0 Å². The first kappa shape index (κ1) is 19.1. The molecule has 0 radical (unpaired) electrons. The lowest BCUT2D eigenvalue weighted by Gasteiger charge is -2.33. The van der Waals surface area contributed by atoms with Gasteiger partial charge in [0.2, 0.25) is 0 Å². The van der Waals surface area contributed by atoms with E-state index in [2.05, 4.69) is 12.2 Å². The summed E-state index contributed by atoms with van der Waals surface area (Å²) in [5.74, 6) is 1.97. The van der Waals surface area contributed by atoms with Crippen LogP contribution in [0.25, 0.3) is 0 Å². The second-order valence-corrected chi connectivity index (χ2v) is 5.83. The normalized spacial score (nSPS) is 13.2. The van der Waals surface area contributed by atoms with Crippen molar-refractivity contribution in [1.82, 2.24) is 5.32 Å². The third-order valence-electron chi connectivity index (χ3n) is 4.60. The lowest BCUT2D eigenvalue weighted by Crippen LogP contribution is -2.44. The first-order chi connectivity index (χ1) is 12.1. The molecule has 0 fully saturated rings. The highest BCUT2D eigenvalue weighted by molar-refractivity contribution is 5.50. The van der Waals surface area contributed by atoms with E-state index < -0.39 is 5.54 Å². The Morgan fingerprint density at radius 2 is 1.52 bits per heavy atom. The number of aliphatic hydroxyl groups is 1. The van der Waals surface area contributed by atoms with Crippen molar-refractivity contribution in [3.8, 4) is 17.2 Å². The van der Waals surface area contributed by atoms with Gasteiger partial charge in [0.15, 0.2) is 11.5 Å². The molecule has 5 heteroatoms. The maximum Gasteiger partial charge on any atom is 0.164 e. The maximum atomic E-state index is 10.1. The molecule has 0 aliphatic carbocycles. The van der Waals surface area contributed by atoms with E-state index in [4.69, 9.17) is 14.2 Å². The van der Waals surface area contributed by atoms with Crippen molar-refractivity contribution in [1.29, 1.82) is 0 Å². The second kappa shape index (κ2) is 8.74. The van der Waals surface area contributed by atoms with Crippen LogP contribution in [0, 0.1) is 0 Å². The highest BCUT2D eigenvalue weighted by Crippen LogP contribution is 2.35. The summed E-state index contributed by atoms with van der Waals surface area (Å²) in [4.78, 5) is 0. The van der Waals surface area contributed by atoms with Gasteiger partial charge >= 0.3 is 0 Å². The minimum Gasteiger partial charge on any atom is -0.496 e. The molecule has 2 aromatic rings. The van der Waals surface area contributed by atoms with Crippen LogP contribution in [-0.2, 0) is 12.1 Å². The molecule has 0 amide bonds. The highest BCUT2D eigenvalue weighted by Gasteiger charge is 2.29. The van der Waals surface area contributed by atoms with E-state index in [1.165, 1.54) is 0 Å². The van der Waals surface area contributed by atoms with Gasteiger partial charge in [-0.15, -0.1) is 0 Å². The number of methoxy groups -OCH3 is 3. The largest absolute Gasteiger partial charge is 0.496 e. The van der Waals surface area contributed by atoms with Gasteiger partial charge in [-0.25, -0.2) is 0 Å². The van der Waals surface area contributed by atoms with Gasteiger partial charge < -0.3 is 24.6 Å². The molecule has 2 rings (SSSR count). The topological polar surface area (TPSA) is 60.0 Å². The molecule has 136 valence electrons. The van der Waals surface area contributed by atoms with Crippen LogP contribution in [0.4, 0.5) is 0 Å². The van der Waals surface area contributed by atoms with Gasteiger partial charge in [0.1, 0.15) is 5.75 Å². The Labute approximate surface area is 149 Å². The van der Waals surface area contributed by atoms with Crippen molar-refractivity contribution < 1.29 is 19.3 Å². The van der Waals surface area contributed by atoms with Crippen molar-refractivity contribution in [2.45, 2.75) is 25.4 Å². The van der Waals surface area contributed by atoms with Crippen molar-refractivity contribution in [3.05, 3.63) is 53.6 Å². The van der Waals surface area contributed by atoms with Crippen LogP contribution in [0.1, 0.15) is 24.5 Å². The molecule has 0 spiro atoms. The molecule has 0 saturated heterocycles. The van der Waals surface area contributed by atoms with Crippen LogP contribution in [0.5, 0.6) is 17.2 Å². The summed E-state index contributed by atoms with van der Waals surface area (Å²) in [7, 11) is 4.83. The molecule has 25 heavy (non-hydrogen) atoms. The Morgan fingerprint density at radius 1 is 0.920 bits per heavy atom. The van der Waals surface area contributed by atoms with Crippen molar-refractivity contribution in [2.75, 3.05) is 27.9 Å². The van der Waals surface area contributed by atoms with E-state index in [0.717, 1.165) is 17.5 Å².